The molecule has 5 rings (SSSR count). The number of carbonyl (C=O) groups excluding carboxylic acids is 1. The Balaban J connectivity index is 1.68. The summed E-state index contributed by atoms with van der Waals surface area (Å²) in [5.74, 6) is -0.294. The number of nitrogens with zero attached hydrogens (tertiary/aromatic N) is 3. The van der Waals surface area contributed by atoms with Gasteiger partial charge in [-0.3, -0.25) is 9.59 Å². The Kier molecular flexibility index (Phi) is 5.12. The number of fused-ring (bicyclic) bond motifs is 2. The number of ether oxygens (including phenoxy) is 1. The molecule has 1 saturated heterocycles. The van der Waals surface area contributed by atoms with Crippen LogP contribution in [0.3, 0.4) is 0 Å². The van der Waals surface area contributed by atoms with E-state index in [1.54, 1.807) is 11.6 Å². The minimum Gasteiger partial charge on any atom is -0.465 e. The molecule has 174 valence electrons. The van der Waals surface area contributed by atoms with Gasteiger partial charge in [-0.1, -0.05) is 6.07 Å². The van der Waals surface area contributed by atoms with Gasteiger partial charge in [0.2, 0.25) is 0 Å². The first-order valence-corrected chi connectivity index (χ1v) is 13.1. The lowest BCUT2D eigenvalue weighted by Gasteiger charge is -2.26. The molecule has 0 amide bonds. The maximum atomic E-state index is 12.9. The lowest BCUT2D eigenvalue weighted by molar-refractivity contribution is -0.141. The highest BCUT2D eigenvalue weighted by atomic mass is 32.2. The number of anilines is 1. The third-order valence-electron chi connectivity index (χ3n) is 6.65. The third-order valence-corrected chi connectivity index (χ3v) is 7.51. The zero-order valence-electron chi connectivity index (χ0n) is 19.0. The molecular formula is C24H27N3O5S. The predicted molar refractivity (Wildman–Crippen MR) is 127 cm³/mol. The SMILES string of the molecule is Cn1cc2c3c(cn(C)c3c1=O)CN(CCC1CCOC1=O)c1ccc(CS(C)(=O)=O)cc1-2. The topological polar surface area (TPSA) is 90.6 Å². The minimum atomic E-state index is -3.20. The molecule has 0 aliphatic carbocycles. The fourth-order valence-corrected chi connectivity index (χ4v) is 5.91. The summed E-state index contributed by atoms with van der Waals surface area (Å²) in [7, 11) is 0.408. The number of rotatable bonds is 5. The summed E-state index contributed by atoms with van der Waals surface area (Å²) < 4.78 is 32.5. The Labute approximate surface area is 192 Å². The highest BCUT2D eigenvalue weighted by Crippen LogP contribution is 2.41. The molecule has 9 heteroatoms. The second-order valence-electron chi connectivity index (χ2n) is 9.23. The Hall–Kier alpha value is -3.07. The minimum absolute atomic E-state index is 0.0508. The third kappa shape index (κ3) is 3.84. The highest BCUT2D eigenvalue weighted by Gasteiger charge is 2.29. The molecule has 2 aliphatic heterocycles. The Bertz CT molecular complexity index is 1450. The monoisotopic (exact) mass is 469 g/mol. The van der Waals surface area contributed by atoms with Crippen molar-refractivity contribution in [1.29, 1.82) is 0 Å². The van der Waals surface area contributed by atoms with Crippen molar-refractivity contribution in [3.05, 3.63) is 52.1 Å². The molecule has 0 spiro atoms. The van der Waals surface area contributed by atoms with E-state index in [-0.39, 0.29) is 23.2 Å². The zero-order valence-corrected chi connectivity index (χ0v) is 19.8. The van der Waals surface area contributed by atoms with E-state index in [0.29, 0.717) is 37.2 Å². The molecule has 1 unspecified atom stereocenters. The van der Waals surface area contributed by atoms with Crippen LogP contribution in [0.5, 0.6) is 0 Å². The molecule has 0 bridgehead atoms. The molecular weight excluding hydrogens is 442 g/mol. The average Bonchev–Trinajstić information content (AvgIpc) is 3.26. The van der Waals surface area contributed by atoms with Crippen LogP contribution < -0.4 is 10.5 Å². The van der Waals surface area contributed by atoms with Crippen LogP contribution in [0.25, 0.3) is 22.0 Å². The van der Waals surface area contributed by atoms with E-state index < -0.39 is 9.84 Å². The van der Waals surface area contributed by atoms with Gasteiger partial charge in [0.05, 0.1) is 18.3 Å². The first-order chi connectivity index (χ1) is 15.6. The van der Waals surface area contributed by atoms with Gasteiger partial charge in [0, 0.05) is 68.0 Å². The number of hydrogen-bond acceptors (Lipinski definition) is 6. The number of pyridine rings is 1. The van der Waals surface area contributed by atoms with Crippen molar-refractivity contribution in [2.75, 3.05) is 24.3 Å². The fourth-order valence-electron chi connectivity index (χ4n) is 5.13. The number of carbonyl (C=O) groups is 1. The molecule has 1 atom stereocenters. The van der Waals surface area contributed by atoms with Gasteiger partial charge in [-0.2, -0.15) is 0 Å². The van der Waals surface area contributed by atoms with Crippen LogP contribution in [0.15, 0.2) is 35.4 Å². The fraction of sp³-hybridized carbons (Fsp3) is 0.417. The van der Waals surface area contributed by atoms with E-state index in [4.69, 9.17) is 4.74 Å². The maximum absolute atomic E-state index is 12.9. The van der Waals surface area contributed by atoms with E-state index in [0.717, 1.165) is 34.2 Å². The highest BCUT2D eigenvalue weighted by molar-refractivity contribution is 7.89. The van der Waals surface area contributed by atoms with Crippen molar-refractivity contribution < 1.29 is 17.9 Å². The van der Waals surface area contributed by atoms with Crippen molar-refractivity contribution in [1.82, 2.24) is 9.13 Å². The lowest BCUT2D eigenvalue weighted by Crippen LogP contribution is -2.26. The number of cyclic esters (lactones) is 1. The number of aryl methyl sites for hydroxylation is 2. The normalized spacial score (nSPS) is 17.8. The van der Waals surface area contributed by atoms with Gasteiger partial charge in [0.15, 0.2) is 9.84 Å². The molecule has 8 nitrogen and oxygen atoms in total. The van der Waals surface area contributed by atoms with Gasteiger partial charge in [-0.25, -0.2) is 8.42 Å². The van der Waals surface area contributed by atoms with Crippen LogP contribution in [-0.4, -0.2) is 42.9 Å². The molecule has 4 heterocycles. The second kappa shape index (κ2) is 7.76. The molecule has 33 heavy (non-hydrogen) atoms. The van der Waals surface area contributed by atoms with Gasteiger partial charge in [-0.15, -0.1) is 0 Å². The molecule has 0 saturated carbocycles. The molecule has 2 aliphatic rings. The average molecular weight is 470 g/mol. The summed E-state index contributed by atoms with van der Waals surface area (Å²) >= 11 is 0. The number of benzene rings is 1. The van der Waals surface area contributed by atoms with Crippen molar-refractivity contribution in [3.8, 4) is 11.1 Å². The summed E-state index contributed by atoms with van der Waals surface area (Å²) in [6, 6.07) is 5.74. The lowest BCUT2D eigenvalue weighted by atomic mass is 9.99. The number of hydrogen-bond donors (Lipinski definition) is 0. The summed E-state index contributed by atoms with van der Waals surface area (Å²) in [5.41, 5.74) is 5.08. The summed E-state index contributed by atoms with van der Waals surface area (Å²) in [5, 5.41) is 0.904. The molecule has 2 aromatic heterocycles. The standard InChI is InChI=1S/C24H27N3O5S/c1-25-11-17-12-27(8-6-16-7-9-32-24(16)29)20-5-4-15(14-33(3,30)31)10-18(20)19-13-26(2)23(28)22(25)21(17)19/h4-5,10-11,13,16H,6-9,12,14H2,1-3H3. The van der Waals surface area contributed by atoms with Gasteiger partial charge in [0.25, 0.3) is 5.56 Å². The van der Waals surface area contributed by atoms with Crippen molar-refractivity contribution in [3.63, 3.8) is 0 Å². The molecule has 1 fully saturated rings. The van der Waals surface area contributed by atoms with E-state index in [9.17, 15) is 18.0 Å². The van der Waals surface area contributed by atoms with Crippen molar-refractivity contribution >= 4 is 32.4 Å². The van der Waals surface area contributed by atoms with Crippen LogP contribution in [0.2, 0.25) is 0 Å². The molecule has 3 aromatic rings. The second-order valence-corrected chi connectivity index (χ2v) is 11.4. The first kappa shape index (κ1) is 21.8. The molecule has 1 aromatic carbocycles. The Morgan fingerprint density at radius 3 is 2.58 bits per heavy atom. The van der Waals surface area contributed by atoms with Gasteiger partial charge < -0.3 is 18.8 Å². The van der Waals surface area contributed by atoms with E-state index in [2.05, 4.69) is 4.90 Å². The predicted octanol–water partition coefficient (Wildman–Crippen LogP) is 2.36. The van der Waals surface area contributed by atoms with Gasteiger partial charge >= 0.3 is 5.97 Å². The Morgan fingerprint density at radius 2 is 1.88 bits per heavy atom. The molecule has 0 radical (unpaired) electrons. The van der Waals surface area contributed by atoms with Crippen LogP contribution in [0, 0.1) is 5.92 Å². The number of esters is 1. The Morgan fingerprint density at radius 1 is 1.09 bits per heavy atom. The van der Waals surface area contributed by atoms with E-state index >= 15 is 0 Å². The maximum Gasteiger partial charge on any atom is 0.309 e. The number of sulfone groups is 1. The van der Waals surface area contributed by atoms with Crippen LogP contribution >= 0.6 is 0 Å². The first-order valence-electron chi connectivity index (χ1n) is 11.0. The van der Waals surface area contributed by atoms with Crippen molar-refractivity contribution in [2.45, 2.75) is 25.1 Å². The quantitative estimate of drug-likeness (QED) is 0.533. The van der Waals surface area contributed by atoms with Crippen molar-refractivity contribution in [2.24, 2.45) is 20.0 Å². The smallest absolute Gasteiger partial charge is 0.309 e. The van der Waals surface area contributed by atoms with Gasteiger partial charge in [0.1, 0.15) is 5.52 Å². The summed E-state index contributed by atoms with van der Waals surface area (Å²) in [4.78, 5) is 27.2. The van der Waals surface area contributed by atoms with E-state index in [1.807, 2.05) is 42.2 Å². The van der Waals surface area contributed by atoms with Crippen LogP contribution in [0.4, 0.5) is 5.69 Å². The summed E-state index contributed by atoms with van der Waals surface area (Å²) in [6.07, 6.45) is 6.48. The largest absolute Gasteiger partial charge is 0.465 e. The zero-order chi connectivity index (χ0) is 23.5. The molecule has 0 N–H and O–H groups in total. The van der Waals surface area contributed by atoms with Crippen LogP contribution in [-0.2, 0) is 45.8 Å². The van der Waals surface area contributed by atoms with Gasteiger partial charge in [-0.05, 0) is 36.1 Å². The number of aromatic nitrogens is 2. The van der Waals surface area contributed by atoms with Crippen LogP contribution in [0.1, 0.15) is 24.0 Å². The summed E-state index contributed by atoms with van der Waals surface area (Å²) in [6.45, 7) is 1.72. The van der Waals surface area contributed by atoms with E-state index in [1.165, 1.54) is 6.26 Å².